The SMILES string of the molecule is Cc1ccccc1C(=O)c1cc2ccccc2o1. The van der Waals surface area contributed by atoms with E-state index in [0.29, 0.717) is 11.3 Å². The zero-order chi connectivity index (χ0) is 12.5. The number of hydrogen-bond donors (Lipinski definition) is 0. The lowest BCUT2D eigenvalue weighted by molar-refractivity contribution is 0.101. The van der Waals surface area contributed by atoms with Gasteiger partial charge in [0.15, 0.2) is 5.76 Å². The van der Waals surface area contributed by atoms with Gasteiger partial charge in [-0.15, -0.1) is 0 Å². The molecular weight excluding hydrogens is 224 g/mol. The summed E-state index contributed by atoms with van der Waals surface area (Å²) in [5.41, 5.74) is 2.40. The molecule has 1 aromatic heterocycles. The molecule has 0 saturated carbocycles. The van der Waals surface area contributed by atoms with Crippen molar-refractivity contribution in [1.82, 2.24) is 0 Å². The highest BCUT2D eigenvalue weighted by Gasteiger charge is 2.15. The number of aryl methyl sites for hydroxylation is 1. The number of ketones is 1. The molecule has 2 heteroatoms. The van der Waals surface area contributed by atoms with Gasteiger partial charge in [0.2, 0.25) is 5.78 Å². The van der Waals surface area contributed by atoms with Crippen LogP contribution in [0.25, 0.3) is 11.0 Å². The Hall–Kier alpha value is -2.35. The molecule has 0 saturated heterocycles. The number of para-hydroxylation sites is 1. The summed E-state index contributed by atoms with van der Waals surface area (Å²) < 4.78 is 5.59. The van der Waals surface area contributed by atoms with Crippen LogP contribution < -0.4 is 0 Å². The Morgan fingerprint density at radius 1 is 1.00 bits per heavy atom. The summed E-state index contributed by atoms with van der Waals surface area (Å²) in [5.74, 6) is 0.329. The van der Waals surface area contributed by atoms with Crippen LogP contribution in [0.5, 0.6) is 0 Å². The van der Waals surface area contributed by atoms with Crippen LogP contribution in [0.2, 0.25) is 0 Å². The van der Waals surface area contributed by atoms with E-state index in [4.69, 9.17) is 4.42 Å². The van der Waals surface area contributed by atoms with Gasteiger partial charge >= 0.3 is 0 Å². The second-order valence-electron chi connectivity index (χ2n) is 4.29. The normalized spacial score (nSPS) is 10.7. The molecule has 3 rings (SSSR count). The Morgan fingerprint density at radius 3 is 2.50 bits per heavy atom. The van der Waals surface area contributed by atoms with Crippen LogP contribution >= 0.6 is 0 Å². The minimum absolute atomic E-state index is 0.0655. The standard InChI is InChI=1S/C16H12O2/c1-11-6-2-4-8-13(11)16(17)15-10-12-7-3-5-9-14(12)18-15/h2-10H,1H3. The first-order valence-corrected chi connectivity index (χ1v) is 5.84. The van der Waals surface area contributed by atoms with Crippen LogP contribution in [0.15, 0.2) is 59.0 Å². The molecule has 0 amide bonds. The van der Waals surface area contributed by atoms with E-state index in [9.17, 15) is 4.79 Å². The highest BCUT2D eigenvalue weighted by atomic mass is 16.3. The molecule has 0 N–H and O–H groups in total. The monoisotopic (exact) mass is 236 g/mol. The molecule has 0 aliphatic heterocycles. The van der Waals surface area contributed by atoms with Crippen molar-refractivity contribution < 1.29 is 9.21 Å². The number of fused-ring (bicyclic) bond motifs is 1. The topological polar surface area (TPSA) is 30.2 Å². The fourth-order valence-corrected chi connectivity index (χ4v) is 2.05. The van der Waals surface area contributed by atoms with E-state index in [1.807, 2.05) is 55.5 Å². The van der Waals surface area contributed by atoms with Crippen molar-refractivity contribution >= 4 is 16.8 Å². The Kier molecular flexibility index (Phi) is 2.49. The fraction of sp³-hybridized carbons (Fsp3) is 0.0625. The van der Waals surface area contributed by atoms with Gasteiger partial charge in [0.1, 0.15) is 5.58 Å². The van der Waals surface area contributed by atoms with E-state index >= 15 is 0 Å². The third kappa shape index (κ3) is 1.72. The average Bonchev–Trinajstić information content (AvgIpc) is 2.82. The van der Waals surface area contributed by atoms with Gasteiger partial charge in [-0.25, -0.2) is 0 Å². The third-order valence-electron chi connectivity index (χ3n) is 3.04. The highest BCUT2D eigenvalue weighted by Crippen LogP contribution is 2.22. The molecule has 3 aromatic rings. The van der Waals surface area contributed by atoms with Crippen LogP contribution in [0.4, 0.5) is 0 Å². The summed E-state index contributed by atoms with van der Waals surface area (Å²) in [6.07, 6.45) is 0. The van der Waals surface area contributed by atoms with Crippen molar-refractivity contribution in [3.05, 3.63) is 71.5 Å². The van der Waals surface area contributed by atoms with Crippen molar-refractivity contribution in [2.45, 2.75) is 6.92 Å². The maximum absolute atomic E-state index is 12.3. The first-order chi connectivity index (χ1) is 8.75. The molecule has 0 aliphatic carbocycles. The predicted octanol–water partition coefficient (Wildman–Crippen LogP) is 3.97. The molecule has 88 valence electrons. The molecule has 0 unspecified atom stereocenters. The smallest absolute Gasteiger partial charge is 0.228 e. The Balaban J connectivity index is 2.10. The molecule has 0 fully saturated rings. The summed E-state index contributed by atoms with van der Waals surface area (Å²) in [4.78, 5) is 12.3. The van der Waals surface area contributed by atoms with E-state index in [1.165, 1.54) is 0 Å². The van der Waals surface area contributed by atoms with E-state index < -0.39 is 0 Å². The summed E-state index contributed by atoms with van der Waals surface area (Å²) in [7, 11) is 0. The van der Waals surface area contributed by atoms with Crippen molar-refractivity contribution in [1.29, 1.82) is 0 Å². The fourth-order valence-electron chi connectivity index (χ4n) is 2.05. The first-order valence-electron chi connectivity index (χ1n) is 5.84. The van der Waals surface area contributed by atoms with Gasteiger partial charge in [0, 0.05) is 10.9 Å². The van der Waals surface area contributed by atoms with Crippen molar-refractivity contribution in [3.8, 4) is 0 Å². The Labute approximate surface area is 105 Å². The maximum Gasteiger partial charge on any atom is 0.228 e. The molecule has 0 atom stereocenters. The molecule has 18 heavy (non-hydrogen) atoms. The first kappa shape index (κ1) is 10.8. The molecule has 0 radical (unpaired) electrons. The number of furan rings is 1. The second kappa shape index (κ2) is 4.15. The van der Waals surface area contributed by atoms with Crippen molar-refractivity contribution in [3.63, 3.8) is 0 Å². The summed E-state index contributed by atoms with van der Waals surface area (Å²) >= 11 is 0. The number of benzene rings is 2. The summed E-state index contributed by atoms with van der Waals surface area (Å²) in [6.45, 7) is 1.93. The molecule has 0 aliphatic rings. The average molecular weight is 236 g/mol. The van der Waals surface area contributed by atoms with Crippen LogP contribution in [0.1, 0.15) is 21.7 Å². The largest absolute Gasteiger partial charge is 0.453 e. The lowest BCUT2D eigenvalue weighted by atomic mass is 10.0. The van der Waals surface area contributed by atoms with Crippen LogP contribution in [-0.4, -0.2) is 5.78 Å². The minimum Gasteiger partial charge on any atom is -0.453 e. The van der Waals surface area contributed by atoms with Gasteiger partial charge < -0.3 is 4.42 Å². The van der Waals surface area contributed by atoms with Gasteiger partial charge in [0.05, 0.1) is 0 Å². The lowest BCUT2D eigenvalue weighted by Gasteiger charge is -2.01. The van der Waals surface area contributed by atoms with E-state index in [2.05, 4.69) is 0 Å². The van der Waals surface area contributed by atoms with E-state index in [-0.39, 0.29) is 5.78 Å². The van der Waals surface area contributed by atoms with Gasteiger partial charge in [-0.1, -0.05) is 42.5 Å². The van der Waals surface area contributed by atoms with Crippen molar-refractivity contribution in [2.75, 3.05) is 0 Å². The molecule has 0 spiro atoms. The third-order valence-corrected chi connectivity index (χ3v) is 3.04. The quantitative estimate of drug-likeness (QED) is 0.630. The predicted molar refractivity (Wildman–Crippen MR) is 70.8 cm³/mol. The minimum atomic E-state index is -0.0655. The lowest BCUT2D eigenvalue weighted by Crippen LogP contribution is -2.01. The van der Waals surface area contributed by atoms with Gasteiger partial charge in [-0.05, 0) is 24.6 Å². The number of carbonyl (C=O) groups excluding carboxylic acids is 1. The zero-order valence-corrected chi connectivity index (χ0v) is 10.0. The molecule has 0 bridgehead atoms. The van der Waals surface area contributed by atoms with Crippen molar-refractivity contribution in [2.24, 2.45) is 0 Å². The number of rotatable bonds is 2. The molecule has 1 heterocycles. The van der Waals surface area contributed by atoms with Gasteiger partial charge in [-0.3, -0.25) is 4.79 Å². The maximum atomic E-state index is 12.3. The number of hydrogen-bond acceptors (Lipinski definition) is 2. The summed E-state index contributed by atoms with van der Waals surface area (Å²) in [6, 6.07) is 17.0. The van der Waals surface area contributed by atoms with E-state index in [1.54, 1.807) is 6.07 Å². The van der Waals surface area contributed by atoms with Crippen LogP contribution in [0, 0.1) is 6.92 Å². The molecule has 2 nitrogen and oxygen atoms in total. The zero-order valence-electron chi connectivity index (χ0n) is 10.0. The molecular formula is C16H12O2. The Morgan fingerprint density at radius 2 is 1.72 bits per heavy atom. The molecule has 2 aromatic carbocycles. The van der Waals surface area contributed by atoms with Gasteiger partial charge in [-0.2, -0.15) is 0 Å². The van der Waals surface area contributed by atoms with Crippen LogP contribution in [0.3, 0.4) is 0 Å². The van der Waals surface area contributed by atoms with Gasteiger partial charge in [0.25, 0.3) is 0 Å². The highest BCUT2D eigenvalue weighted by molar-refractivity contribution is 6.09. The van der Waals surface area contributed by atoms with E-state index in [0.717, 1.165) is 16.5 Å². The summed E-state index contributed by atoms with van der Waals surface area (Å²) in [5, 5.41) is 0.953. The number of carbonyl (C=O) groups is 1. The van der Waals surface area contributed by atoms with Crippen LogP contribution in [-0.2, 0) is 0 Å². The second-order valence-corrected chi connectivity index (χ2v) is 4.29. The Bertz CT molecular complexity index is 690.